The van der Waals surface area contributed by atoms with Gasteiger partial charge in [0.1, 0.15) is 0 Å². The predicted octanol–water partition coefficient (Wildman–Crippen LogP) is 5.29. The third-order valence-corrected chi connectivity index (χ3v) is 4.92. The molecular formula is C15H17ClINS. The van der Waals surface area contributed by atoms with Crippen molar-refractivity contribution in [1.82, 2.24) is 5.32 Å². The summed E-state index contributed by atoms with van der Waals surface area (Å²) in [6.07, 6.45) is 2.14. The largest absolute Gasteiger partial charge is 0.310 e. The van der Waals surface area contributed by atoms with Crippen LogP contribution in [0.4, 0.5) is 0 Å². The third-order valence-electron chi connectivity index (χ3n) is 2.95. The summed E-state index contributed by atoms with van der Waals surface area (Å²) in [7, 11) is 0. The molecular weight excluding hydrogens is 389 g/mol. The van der Waals surface area contributed by atoms with Crippen LogP contribution in [0, 0.1) is 3.57 Å². The Labute approximate surface area is 137 Å². The topological polar surface area (TPSA) is 12.0 Å². The Bertz CT molecular complexity index is 509. The average molecular weight is 406 g/mol. The summed E-state index contributed by atoms with van der Waals surface area (Å²) in [4.78, 5) is 1.33. The van der Waals surface area contributed by atoms with Gasteiger partial charge in [-0.3, -0.25) is 0 Å². The number of rotatable bonds is 6. The van der Waals surface area contributed by atoms with Crippen LogP contribution in [0.1, 0.15) is 29.8 Å². The summed E-state index contributed by atoms with van der Waals surface area (Å²) >= 11 is 10.0. The normalized spacial score (nSPS) is 12.6. The maximum Gasteiger partial charge on any atom is 0.0931 e. The molecule has 0 bridgehead atoms. The van der Waals surface area contributed by atoms with E-state index in [4.69, 9.17) is 11.6 Å². The van der Waals surface area contributed by atoms with E-state index in [1.54, 1.807) is 11.3 Å². The Morgan fingerprint density at radius 3 is 2.53 bits per heavy atom. The molecule has 4 heteroatoms. The smallest absolute Gasteiger partial charge is 0.0931 e. The van der Waals surface area contributed by atoms with Crippen molar-refractivity contribution in [3.05, 3.63) is 54.7 Å². The molecule has 0 amide bonds. The Kier molecular flexibility index (Phi) is 6.13. The molecule has 0 fully saturated rings. The number of benzene rings is 1. The fraction of sp³-hybridized carbons (Fsp3) is 0.333. The van der Waals surface area contributed by atoms with E-state index >= 15 is 0 Å². The van der Waals surface area contributed by atoms with Gasteiger partial charge in [0.05, 0.1) is 4.34 Å². The number of hydrogen-bond donors (Lipinski definition) is 1. The molecule has 0 saturated heterocycles. The summed E-state index contributed by atoms with van der Waals surface area (Å²) in [6, 6.07) is 13.2. The molecule has 1 nitrogen and oxygen atoms in total. The number of thiophene rings is 1. The Balaban J connectivity index is 2.13. The van der Waals surface area contributed by atoms with Crippen molar-refractivity contribution in [2.45, 2.75) is 25.8 Å². The molecule has 0 aliphatic carbocycles. The standard InChI is InChI=1S/C15H17ClINS/c1-2-9-18-14(10-13-7-8-15(16)19-13)11-3-5-12(17)6-4-11/h3-8,14,18H,2,9-10H2,1H3. The molecule has 0 aliphatic heterocycles. The lowest BCUT2D eigenvalue weighted by Crippen LogP contribution is -2.23. The first kappa shape index (κ1) is 15.3. The van der Waals surface area contributed by atoms with Crippen LogP contribution in [-0.2, 0) is 6.42 Å². The first-order valence-corrected chi connectivity index (χ1v) is 8.69. The molecule has 0 spiro atoms. The maximum absolute atomic E-state index is 6.01. The minimum atomic E-state index is 0.367. The fourth-order valence-electron chi connectivity index (χ4n) is 1.98. The quantitative estimate of drug-likeness (QED) is 0.644. The number of nitrogens with one attached hydrogen (secondary N) is 1. The first-order valence-electron chi connectivity index (χ1n) is 6.42. The highest BCUT2D eigenvalue weighted by Gasteiger charge is 2.12. The van der Waals surface area contributed by atoms with Gasteiger partial charge in [-0.25, -0.2) is 0 Å². The van der Waals surface area contributed by atoms with E-state index in [1.807, 2.05) is 6.07 Å². The van der Waals surface area contributed by atoms with Crippen LogP contribution in [0.25, 0.3) is 0 Å². The van der Waals surface area contributed by atoms with Crippen molar-refractivity contribution >= 4 is 45.5 Å². The van der Waals surface area contributed by atoms with Gasteiger partial charge < -0.3 is 5.32 Å². The lowest BCUT2D eigenvalue weighted by molar-refractivity contribution is 0.532. The van der Waals surface area contributed by atoms with Gasteiger partial charge in [-0.1, -0.05) is 30.7 Å². The highest BCUT2D eigenvalue weighted by molar-refractivity contribution is 14.1. The van der Waals surface area contributed by atoms with E-state index in [0.717, 1.165) is 23.7 Å². The van der Waals surface area contributed by atoms with E-state index in [0.29, 0.717) is 6.04 Å². The van der Waals surface area contributed by atoms with Crippen LogP contribution >= 0.6 is 45.5 Å². The van der Waals surface area contributed by atoms with Crippen LogP contribution in [0.15, 0.2) is 36.4 Å². The summed E-state index contributed by atoms with van der Waals surface area (Å²) in [5, 5.41) is 3.62. The molecule has 19 heavy (non-hydrogen) atoms. The summed E-state index contributed by atoms with van der Waals surface area (Å²) in [5.74, 6) is 0. The Morgan fingerprint density at radius 2 is 1.95 bits per heavy atom. The van der Waals surface area contributed by atoms with Gasteiger partial charge in [0, 0.05) is 20.9 Å². The van der Waals surface area contributed by atoms with Crippen LogP contribution < -0.4 is 5.32 Å². The van der Waals surface area contributed by atoms with Crippen molar-refractivity contribution in [2.75, 3.05) is 6.54 Å². The van der Waals surface area contributed by atoms with Gasteiger partial charge in [-0.05, 0) is 65.4 Å². The van der Waals surface area contributed by atoms with Gasteiger partial charge in [0.2, 0.25) is 0 Å². The monoisotopic (exact) mass is 405 g/mol. The number of hydrogen-bond acceptors (Lipinski definition) is 2. The molecule has 1 aromatic heterocycles. The van der Waals surface area contributed by atoms with Gasteiger partial charge in [0.15, 0.2) is 0 Å². The maximum atomic E-state index is 6.01. The zero-order valence-corrected chi connectivity index (χ0v) is 14.6. The minimum Gasteiger partial charge on any atom is -0.310 e. The van der Waals surface area contributed by atoms with Crippen LogP contribution in [0.3, 0.4) is 0 Å². The molecule has 2 rings (SSSR count). The van der Waals surface area contributed by atoms with E-state index in [-0.39, 0.29) is 0 Å². The second kappa shape index (κ2) is 7.62. The van der Waals surface area contributed by atoms with Crippen molar-refractivity contribution < 1.29 is 0 Å². The third kappa shape index (κ3) is 4.74. The average Bonchev–Trinajstić information content (AvgIpc) is 2.81. The predicted molar refractivity (Wildman–Crippen MR) is 93.2 cm³/mol. The van der Waals surface area contributed by atoms with Crippen molar-refractivity contribution in [1.29, 1.82) is 0 Å². The van der Waals surface area contributed by atoms with Gasteiger partial charge in [0.25, 0.3) is 0 Å². The molecule has 1 N–H and O–H groups in total. The van der Waals surface area contributed by atoms with E-state index in [9.17, 15) is 0 Å². The summed E-state index contributed by atoms with van der Waals surface area (Å²) in [5.41, 5.74) is 1.35. The fourth-order valence-corrected chi connectivity index (χ4v) is 3.48. The van der Waals surface area contributed by atoms with Crippen LogP contribution in [0.2, 0.25) is 4.34 Å². The minimum absolute atomic E-state index is 0.367. The molecule has 1 aromatic carbocycles. The highest BCUT2D eigenvalue weighted by Crippen LogP contribution is 2.27. The zero-order valence-electron chi connectivity index (χ0n) is 10.8. The van der Waals surface area contributed by atoms with Crippen molar-refractivity contribution in [3.63, 3.8) is 0 Å². The molecule has 0 aliphatic rings. The summed E-state index contributed by atoms with van der Waals surface area (Å²) < 4.78 is 2.14. The molecule has 1 unspecified atom stereocenters. The van der Waals surface area contributed by atoms with Crippen LogP contribution in [0.5, 0.6) is 0 Å². The van der Waals surface area contributed by atoms with E-state index < -0.39 is 0 Å². The van der Waals surface area contributed by atoms with Crippen molar-refractivity contribution in [3.8, 4) is 0 Å². The molecule has 2 aromatic rings. The first-order chi connectivity index (χ1) is 9.19. The van der Waals surface area contributed by atoms with E-state index in [2.05, 4.69) is 65.2 Å². The van der Waals surface area contributed by atoms with Gasteiger partial charge >= 0.3 is 0 Å². The zero-order chi connectivity index (χ0) is 13.7. The lowest BCUT2D eigenvalue weighted by Gasteiger charge is -2.18. The Hall–Kier alpha value is -0.100. The van der Waals surface area contributed by atoms with Gasteiger partial charge in [-0.2, -0.15) is 0 Å². The molecule has 1 heterocycles. The Morgan fingerprint density at radius 1 is 1.21 bits per heavy atom. The molecule has 0 saturated carbocycles. The van der Waals surface area contributed by atoms with Crippen molar-refractivity contribution in [2.24, 2.45) is 0 Å². The van der Waals surface area contributed by atoms with E-state index in [1.165, 1.54) is 14.0 Å². The highest BCUT2D eigenvalue weighted by atomic mass is 127. The second-order valence-electron chi connectivity index (χ2n) is 4.47. The summed E-state index contributed by atoms with van der Waals surface area (Å²) in [6.45, 7) is 3.23. The SMILES string of the molecule is CCCNC(Cc1ccc(Cl)s1)c1ccc(I)cc1. The van der Waals surface area contributed by atoms with Crippen LogP contribution in [-0.4, -0.2) is 6.54 Å². The number of halogens is 2. The second-order valence-corrected chi connectivity index (χ2v) is 7.51. The van der Waals surface area contributed by atoms with Gasteiger partial charge in [-0.15, -0.1) is 11.3 Å². The molecule has 0 radical (unpaired) electrons. The lowest BCUT2D eigenvalue weighted by atomic mass is 10.0. The molecule has 1 atom stereocenters. The molecule has 102 valence electrons.